The van der Waals surface area contributed by atoms with Gasteiger partial charge in [0.2, 0.25) is 0 Å². The second-order valence-electron chi connectivity index (χ2n) is 3.24. The molecule has 0 amide bonds. The van der Waals surface area contributed by atoms with Crippen LogP contribution in [-0.2, 0) is 6.54 Å². The summed E-state index contributed by atoms with van der Waals surface area (Å²) in [7, 11) is 3.64. The molecule has 3 nitrogen and oxygen atoms in total. The lowest BCUT2D eigenvalue weighted by molar-refractivity contribution is 0.407. The number of halogens is 1. The molecule has 15 heavy (non-hydrogen) atoms. The number of benzene rings is 1. The average Bonchev–Trinajstić information content (AvgIpc) is 2.25. The number of likely N-dealkylation sites (N-methyl/N-ethyl adjacent to an activating group) is 1. The molecule has 2 N–H and O–H groups in total. The van der Waals surface area contributed by atoms with Crippen LogP contribution in [-0.4, -0.2) is 27.2 Å². The minimum absolute atomic E-state index is 0.824. The Hall–Kier alpha value is -0.580. The molecule has 4 heteroatoms. The van der Waals surface area contributed by atoms with Crippen molar-refractivity contribution >= 4 is 15.9 Å². The van der Waals surface area contributed by atoms with E-state index in [2.05, 4.69) is 32.6 Å². The summed E-state index contributed by atoms with van der Waals surface area (Å²) in [5.74, 6) is 0.926. The molecule has 84 valence electrons. The first-order chi connectivity index (χ1) is 7.27. The van der Waals surface area contributed by atoms with E-state index in [0.717, 1.165) is 29.9 Å². The first kappa shape index (κ1) is 12.5. The zero-order valence-electron chi connectivity index (χ0n) is 9.14. The number of rotatable bonds is 6. The third-order valence-electron chi connectivity index (χ3n) is 2.11. The van der Waals surface area contributed by atoms with Crippen LogP contribution in [0.1, 0.15) is 5.56 Å². The molecule has 0 atom stereocenters. The minimum Gasteiger partial charge on any atom is -0.496 e. The van der Waals surface area contributed by atoms with E-state index < -0.39 is 0 Å². The smallest absolute Gasteiger partial charge is 0.123 e. The third-order valence-corrected chi connectivity index (χ3v) is 2.60. The fourth-order valence-electron chi connectivity index (χ4n) is 1.32. The number of nitrogens with one attached hydrogen (secondary N) is 2. The van der Waals surface area contributed by atoms with Gasteiger partial charge in [0.1, 0.15) is 5.75 Å². The van der Waals surface area contributed by atoms with Crippen molar-refractivity contribution in [2.75, 3.05) is 27.2 Å². The normalized spacial score (nSPS) is 10.3. The van der Waals surface area contributed by atoms with Crippen LogP contribution in [0.3, 0.4) is 0 Å². The molecule has 0 spiro atoms. The SMILES string of the molecule is CNCCNCc1cc(Br)ccc1OC. The van der Waals surface area contributed by atoms with Gasteiger partial charge < -0.3 is 15.4 Å². The predicted molar refractivity (Wildman–Crippen MR) is 66.3 cm³/mol. The zero-order valence-corrected chi connectivity index (χ0v) is 10.7. The molecule has 1 aromatic carbocycles. The summed E-state index contributed by atoms with van der Waals surface area (Å²) >= 11 is 3.45. The average molecular weight is 273 g/mol. The highest BCUT2D eigenvalue weighted by Crippen LogP contribution is 2.22. The van der Waals surface area contributed by atoms with Gasteiger partial charge in [0.25, 0.3) is 0 Å². The third kappa shape index (κ3) is 4.20. The van der Waals surface area contributed by atoms with Crippen molar-refractivity contribution < 1.29 is 4.74 Å². The lowest BCUT2D eigenvalue weighted by atomic mass is 10.2. The van der Waals surface area contributed by atoms with Gasteiger partial charge in [-0.05, 0) is 25.2 Å². The van der Waals surface area contributed by atoms with Crippen LogP contribution in [0.2, 0.25) is 0 Å². The van der Waals surface area contributed by atoms with Crippen molar-refractivity contribution in [1.29, 1.82) is 0 Å². The Bertz CT molecular complexity index is 305. The van der Waals surface area contributed by atoms with Gasteiger partial charge in [0.05, 0.1) is 7.11 Å². The van der Waals surface area contributed by atoms with Crippen LogP contribution in [0.25, 0.3) is 0 Å². The molecular weight excluding hydrogens is 256 g/mol. The maximum absolute atomic E-state index is 5.28. The van der Waals surface area contributed by atoms with Gasteiger partial charge in [-0.15, -0.1) is 0 Å². The lowest BCUT2D eigenvalue weighted by Gasteiger charge is -2.10. The Kier molecular flexibility index (Phi) is 5.68. The summed E-state index contributed by atoms with van der Waals surface area (Å²) in [4.78, 5) is 0. The minimum atomic E-state index is 0.824. The van der Waals surface area contributed by atoms with Crippen molar-refractivity contribution in [3.63, 3.8) is 0 Å². The van der Waals surface area contributed by atoms with Gasteiger partial charge >= 0.3 is 0 Å². The molecule has 0 fully saturated rings. The van der Waals surface area contributed by atoms with Crippen LogP contribution >= 0.6 is 15.9 Å². The molecule has 0 saturated heterocycles. The maximum atomic E-state index is 5.28. The van der Waals surface area contributed by atoms with E-state index in [0.29, 0.717) is 0 Å². The van der Waals surface area contributed by atoms with E-state index in [9.17, 15) is 0 Å². The summed E-state index contributed by atoms with van der Waals surface area (Å²) in [5.41, 5.74) is 1.17. The highest BCUT2D eigenvalue weighted by Gasteiger charge is 2.02. The Morgan fingerprint density at radius 2 is 2.13 bits per heavy atom. The monoisotopic (exact) mass is 272 g/mol. The summed E-state index contributed by atoms with van der Waals surface area (Å²) in [6, 6.07) is 6.03. The molecule has 0 aliphatic rings. The first-order valence-corrected chi connectivity index (χ1v) is 5.75. The van der Waals surface area contributed by atoms with Crippen LogP contribution in [0.5, 0.6) is 5.75 Å². The van der Waals surface area contributed by atoms with Crippen molar-refractivity contribution in [3.8, 4) is 5.75 Å². The fourth-order valence-corrected chi connectivity index (χ4v) is 1.73. The zero-order chi connectivity index (χ0) is 11.1. The number of hydrogen-bond acceptors (Lipinski definition) is 3. The van der Waals surface area contributed by atoms with Gasteiger partial charge in [0.15, 0.2) is 0 Å². The second kappa shape index (κ2) is 6.82. The highest BCUT2D eigenvalue weighted by atomic mass is 79.9. The van der Waals surface area contributed by atoms with E-state index in [4.69, 9.17) is 4.74 Å². The van der Waals surface area contributed by atoms with E-state index >= 15 is 0 Å². The van der Waals surface area contributed by atoms with Crippen molar-refractivity contribution in [1.82, 2.24) is 10.6 Å². The van der Waals surface area contributed by atoms with Crippen LogP contribution in [0.15, 0.2) is 22.7 Å². The number of hydrogen-bond donors (Lipinski definition) is 2. The van der Waals surface area contributed by atoms with Gasteiger partial charge in [-0.2, -0.15) is 0 Å². The highest BCUT2D eigenvalue weighted by molar-refractivity contribution is 9.10. The van der Waals surface area contributed by atoms with Crippen LogP contribution in [0, 0.1) is 0 Å². The largest absolute Gasteiger partial charge is 0.496 e. The Morgan fingerprint density at radius 1 is 1.33 bits per heavy atom. The van der Waals surface area contributed by atoms with Gasteiger partial charge in [0, 0.05) is 29.7 Å². The molecule has 0 saturated carbocycles. The number of ether oxygens (including phenoxy) is 1. The van der Waals surface area contributed by atoms with Crippen molar-refractivity contribution in [2.24, 2.45) is 0 Å². The van der Waals surface area contributed by atoms with Crippen molar-refractivity contribution in [2.45, 2.75) is 6.54 Å². The fraction of sp³-hybridized carbons (Fsp3) is 0.455. The van der Waals surface area contributed by atoms with E-state index in [1.165, 1.54) is 5.56 Å². The van der Waals surface area contributed by atoms with Crippen molar-refractivity contribution in [3.05, 3.63) is 28.2 Å². The Labute approximate surface area is 99.3 Å². The molecule has 1 aromatic rings. The second-order valence-corrected chi connectivity index (χ2v) is 4.15. The quantitative estimate of drug-likeness (QED) is 0.775. The molecule has 0 aliphatic heterocycles. The van der Waals surface area contributed by atoms with Gasteiger partial charge in [-0.3, -0.25) is 0 Å². The Balaban J connectivity index is 2.54. The maximum Gasteiger partial charge on any atom is 0.123 e. The predicted octanol–water partition coefficient (Wildman–Crippen LogP) is 1.77. The Morgan fingerprint density at radius 3 is 2.80 bits per heavy atom. The standard InChI is InChI=1S/C11H17BrN2O/c1-13-5-6-14-8-9-7-10(12)3-4-11(9)15-2/h3-4,7,13-14H,5-6,8H2,1-2H3. The van der Waals surface area contributed by atoms with Crippen LogP contribution < -0.4 is 15.4 Å². The van der Waals surface area contributed by atoms with Crippen LogP contribution in [0.4, 0.5) is 0 Å². The molecule has 0 radical (unpaired) electrons. The molecular formula is C11H17BrN2O. The molecule has 0 heterocycles. The molecule has 0 aromatic heterocycles. The van der Waals surface area contributed by atoms with E-state index in [-0.39, 0.29) is 0 Å². The molecule has 1 rings (SSSR count). The van der Waals surface area contributed by atoms with Gasteiger partial charge in [-0.1, -0.05) is 15.9 Å². The first-order valence-electron chi connectivity index (χ1n) is 4.95. The summed E-state index contributed by atoms with van der Waals surface area (Å²) < 4.78 is 6.36. The van der Waals surface area contributed by atoms with E-state index in [1.807, 2.05) is 19.2 Å². The summed E-state index contributed by atoms with van der Waals surface area (Å²) in [6.45, 7) is 2.74. The molecule has 0 unspecified atom stereocenters. The topological polar surface area (TPSA) is 33.3 Å². The van der Waals surface area contributed by atoms with E-state index in [1.54, 1.807) is 7.11 Å². The number of methoxy groups -OCH3 is 1. The lowest BCUT2D eigenvalue weighted by Crippen LogP contribution is -2.24. The summed E-state index contributed by atoms with van der Waals surface area (Å²) in [6.07, 6.45) is 0. The molecule has 0 bridgehead atoms. The van der Waals surface area contributed by atoms with Gasteiger partial charge in [-0.25, -0.2) is 0 Å². The molecule has 0 aliphatic carbocycles. The summed E-state index contributed by atoms with van der Waals surface area (Å²) in [5, 5.41) is 6.43.